The average Bonchev–Trinajstić information content (AvgIpc) is 3.44. The molecule has 4 aromatic rings. The van der Waals surface area contributed by atoms with E-state index < -0.39 is 36.5 Å². The number of imidazole rings is 1. The number of nitrogens with two attached hydrogens (primary N) is 1. The Labute approximate surface area is 308 Å². The number of hydrogen-bond donors (Lipinski definition) is 2. The maximum atomic E-state index is 13.8. The van der Waals surface area contributed by atoms with Crippen LogP contribution in [0, 0.1) is 0 Å². The van der Waals surface area contributed by atoms with Crippen molar-refractivity contribution in [1.82, 2.24) is 14.5 Å². The fourth-order valence-electron chi connectivity index (χ4n) is 5.05. The van der Waals surface area contributed by atoms with Crippen LogP contribution >= 0.6 is 0 Å². The second-order valence-corrected chi connectivity index (χ2v) is 13.0. The number of amides is 2. The van der Waals surface area contributed by atoms with E-state index >= 15 is 0 Å². The molecule has 0 fully saturated rings. The number of fused-ring (bicyclic) bond motifs is 1. The summed E-state index contributed by atoms with van der Waals surface area (Å²) < 4.78 is 21.9. The number of nitrogens with one attached hydrogen (secondary N) is 1. The summed E-state index contributed by atoms with van der Waals surface area (Å²) in [6.07, 6.45) is 3.68. The molecule has 0 unspecified atom stereocenters. The van der Waals surface area contributed by atoms with E-state index in [2.05, 4.69) is 22.2 Å². The van der Waals surface area contributed by atoms with Gasteiger partial charge in [-0.15, -0.1) is 0 Å². The van der Waals surface area contributed by atoms with Gasteiger partial charge in [-0.2, -0.15) is 4.99 Å². The highest BCUT2D eigenvalue weighted by molar-refractivity contribution is 6.07. The van der Waals surface area contributed by atoms with Crippen molar-refractivity contribution in [3.63, 3.8) is 0 Å². The molecule has 2 aromatic heterocycles. The van der Waals surface area contributed by atoms with Gasteiger partial charge < -0.3 is 34.6 Å². The first-order chi connectivity index (χ1) is 25.3. The number of ether oxygens (including phenoxy) is 4. The zero-order valence-electron chi connectivity index (χ0n) is 30.8. The summed E-state index contributed by atoms with van der Waals surface area (Å²) in [6, 6.07) is 17.5. The maximum absolute atomic E-state index is 13.8. The van der Waals surface area contributed by atoms with E-state index in [1.54, 1.807) is 69.4 Å². The Bertz CT molecular complexity index is 1890. The summed E-state index contributed by atoms with van der Waals surface area (Å²) in [5.74, 6) is 0.0608. The van der Waals surface area contributed by atoms with E-state index in [0.29, 0.717) is 35.6 Å². The van der Waals surface area contributed by atoms with Gasteiger partial charge in [0, 0.05) is 36.6 Å². The Kier molecular flexibility index (Phi) is 14.3. The topological polar surface area (TPSA) is 190 Å². The van der Waals surface area contributed by atoms with Crippen molar-refractivity contribution in [2.24, 2.45) is 17.8 Å². The van der Waals surface area contributed by atoms with Gasteiger partial charge >= 0.3 is 18.2 Å². The number of aliphatic imine (C=N–C) groups is 1. The first-order valence-corrected chi connectivity index (χ1v) is 17.4. The molecule has 2 amide bonds. The third-order valence-electron chi connectivity index (χ3n) is 7.78. The zero-order chi connectivity index (χ0) is 38.4. The summed E-state index contributed by atoms with van der Waals surface area (Å²) in [6.45, 7) is 7.19. The number of carbonyl (C=O) groups excluding carboxylic acids is 4. The number of carbonyl (C=O) groups is 4. The molecule has 0 saturated carbocycles. The highest BCUT2D eigenvalue weighted by Crippen LogP contribution is 2.22. The number of hydrogen-bond acceptors (Lipinski definition) is 11. The van der Waals surface area contributed by atoms with Gasteiger partial charge in [-0.3, -0.25) is 14.5 Å². The molecule has 0 atom stereocenters. The molecule has 0 bridgehead atoms. The number of pyridine rings is 1. The van der Waals surface area contributed by atoms with Crippen LogP contribution in [0.5, 0.6) is 0 Å². The highest BCUT2D eigenvalue weighted by atomic mass is 16.8. The molecule has 2 aromatic carbocycles. The predicted octanol–water partition coefficient (Wildman–Crippen LogP) is 6.49. The third-order valence-corrected chi connectivity index (χ3v) is 7.78. The number of rotatable bonds is 16. The van der Waals surface area contributed by atoms with Crippen LogP contribution < -0.4 is 16.0 Å². The lowest BCUT2D eigenvalue weighted by Crippen LogP contribution is -2.34. The van der Waals surface area contributed by atoms with Gasteiger partial charge in [0.1, 0.15) is 23.1 Å². The fourth-order valence-corrected chi connectivity index (χ4v) is 5.05. The molecule has 15 nitrogen and oxygen atoms in total. The Hall–Kier alpha value is -5.99. The van der Waals surface area contributed by atoms with Crippen LogP contribution in [0.4, 0.5) is 21.1 Å². The minimum absolute atomic E-state index is 0.0456. The Morgan fingerprint density at radius 2 is 1.70 bits per heavy atom. The predicted molar refractivity (Wildman–Crippen MR) is 200 cm³/mol. The number of benzene rings is 2. The van der Waals surface area contributed by atoms with Gasteiger partial charge in [0.25, 0.3) is 5.91 Å². The molecule has 15 heteroatoms. The van der Waals surface area contributed by atoms with E-state index in [9.17, 15) is 19.2 Å². The first-order valence-electron chi connectivity index (χ1n) is 17.4. The lowest BCUT2D eigenvalue weighted by Gasteiger charge is -2.21. The first kappa shape index (κ1) is 39.8. The summed E-state index contributed by atoms with van der Waals surface area (Å²) in [4.78, 5) is 64.3. The van der Waals surface area contributed by atoms with Gasteiger partial charge in [-0.25, -0.2) is 19.6 Å². The minimum Gasteiger partial charge on any atom is -0.448 e. The van der Waals surface area contributed by atoms with E-state index in [0.717, 1.165) is 42.7 Å². The lowest BCUT2D eigenvalue weighted by molar-refractivity contribution is -0.154. The van der Waals surface area contributed by atoms with Crippen LogP contribution in [0.25, 0.3) is 11.0 Å². The van der Waals surface area contributed by atoms with Crippen molar-refractivity contribution in [1.29, 1.82) is 0 Å². The summed E-state index contributed by atoms with van der Waals surface area (Å²) in [7, 11) is 1.88. The summed E-state index contributed by atoms with van der Waals surface area (Å²) in [5, 5.41) is 3.33. The van der Waals surface area contributed by atoms with Crippen molar-refractivity contribution in [2.75, 3.05) is 30.2 Å². The quantitative estimate of drug-likeness (QED) is 0.0319. The van der Waals surface area contributed by atoms with E-state index in [1.165, 1.54) is 4.90 Å². The van der Waals surface area contributed by atoms with Crippen molar-refractivity contribution in [3.8, 4) is 0 Å². The fraction of sp³-hybridized carbons (Fsp3) is 0.395. The van der Waals surface area contributed by atoms with Gasteiger partial charge in [0.15, 0.2) is 0 Å². The molecule has 0 radical (unpaired) electrons. The highest BCUT2D eigenvalue weighted by Gasteiger charge is 2.22. The lowest BCUT2D eigenvalue weighted by atomic mass is 10.1. The zero-order valence-corrected chi connectivity index (χ0v) is 30.8. The van der Waals surface area contributed by atoms with Crippen LogP contribution in [0.1, 0.15) is 81.5 Å². The Morgan fingerprint density at radius 3 is 2.40 bits per heavy atom. The van der Waals surface area contributed by atoms with Gasteiger partial charge in [-0.05, 0) is 81.8 Å². The number of aryl methyl sites for hydroxylation is 1. The second-order valence-electron chi connectivity index (χ2n) is 13.0. The molecule has 0 aliphatic rings. The van der Waals surface area contributed by atoms with Gasteiger partial charge in [0.2, 0.25) is 6.79 Å². The van der Waals surface area contributed by atoms with E-state index in [-0.39, 0.29) is 18.8 Å². The van der Waals surface area contributed by atoms with Crippen molar-refractivity contribution in [2.45, 2.75) is 71.9 Å². The maximum Gasteiger partial charge on any atom is 0.511 e. The third kappa shape index (κ3) is 12.3. The smallest absolute Gasteiger partial charge is 0.448 e. The molecule has 0 aliphatic heterocycles. The molecule has 0 saturated heterocycles. The van der Waals surface area contributed by atoms with Crippen molar-refractivity contribution >= 4 is 52.5 Å². The van der Waals surface area contributed by atoms with Gasteiger partial charge in [0.05, 0.1) is 30.6 Å². The molecule has 4 rings (SSSR count). The van der Waals surface area contributed by atoms with Crippen LogP contribution in [0.3, 0.4) is 0 Å². The van der Waals surface area contributed by atoms with Crippen LogP contribution in [-0.4, -0.2) is 70.0 Å². The molecule has 2 heterocycles. The molecule has 0 spiro atoms. The second kappa shape index (κ2) is 19.0. The Balaban J connectivity index is 1.37. The molecule has 3 N–H and O–H groups in total. The number of esters is 1. The normalized spacial score (nSPS) is 11.5. The number of anilines is 2. The monoisotopic (exact) mass is 729 g/mol. The number of nitrogens with zero attached hydrogens (tertiary/aromatic N) is 5. The largest absolute Gasteiger partial charge is 0.511 e. The van der Waals surface area contributed by atoms with Gasteiger partial charge in [-0.1, -0.05) is 32.3 Å². The van der Waals surface area contributed by atoms with Crippen LogP contribution in [0.15, 0.2) is 71.9 Å². The molecular formula is C38H47N7O8. The summed E-state index contributed by atoms with van der Waals surface area (Å²) in [5.41, 5.74) is 8.42. The molecular weight excluding hydrogens is 682 g/mol. The van der Waals surface area contributed by atoms with Crippen molar-refractivity contribution in [3.05, 3.63) is 83.8 Å². The summed E-state index contributed by atoms with van der Waals surface area (Å²) >= 11 is 0. The molecule has 282 valence electrons. The SMILES string of the molecule is CCCCCCOC(=O)/N=C(/N)c1ccc(NCc2nc3cc(C(=O)N(CCC(=O)OCOC(=O)OC(C)(C)C)c4ccccn4)ccc3n2C)cc1. The van der Waals surface area contributed by atoms with Crippen LogP contribution in [0.2, 0.25) is 0 Å². The molecule has 53 heavy (non-hydrogen) atoms. The minimum atomic E-state index is -0.963. The van der Waals surface area contributed by atoms with E-state index in [1.807, 2.05) is 29.8 Å². The van der Waals surface area contributed by atoms with E-state index in [4.69, 9.17) is 29.7 Å². The average molecular weight is 730 g/mol. The van der Waals surface area contributed by atoms with Crippen molar-refractivity contribution < 1.29 is 38.1 Å². The molecule has 0 aliphatic carbocycles. The van der Waals surface area contributed by atoms with Crippen LogP contribution in [-0.2, 0) is 37.3 Å². The number of aromatic nitrogens is 3. The standard InChI is InChI=1S/C38H47N7O8/c1-6-7-8-11-22-50-36(48)43-34(39)26-13-16-28(17-14-26)41-24-32-42-29-23-27(15-18-30(29)44(32)5)35(47)45(31-12-9-10-20-40-31)21-19-33(46)51-25-52-37(49)53-38(2,3)4/h9-10,12-18,20,23,41H,6-8,11,19,21-22,24-25H2,1-5H3,(H2,39,43,48). The Morgan fingerprint density at radius 1 is 0.943 bits per heavy atom. The number of unbranched alkanes of at least 4 members (excludes halogenated alkanes) is 3. The number of amidine groups is 1.